The number of nitrogens with one attached hydrogen (secondary N) is 2. The van der Waals surface area contributed by atoms with Crippen LogP contribution in [0.3, 0.4) is 0 Å². The van der Waals surface area contributed by atoms with Crippen LogP contribution in [-0.4, -0.2) is 25.5 Å². The van der Waals surface area contributed by atoms with Crippen LogP contribution < -0.4 is 10.6 Å². The van der Waals surface area contributed by atoms with Crippen molar-refractivity contribution in [2.24, 2.45) is 0 Å². The normalized spacial score (nSPS) is 23.5. The minimum absolute atomic E-state index is 0. The predicted molar refractivity (Wildman–Crippen MR) is 42.3 cm³/mol. The summed E-state index contributed by atoms with van der Waals surface area (Å²) in [5.41, 5.74) is 0. The highest BCUT2D eigenvalue weighted by Gasteiger charge is 2.19. The molecule has 1 saturated heterocycles. The maximum atomic E-state index is 10.8. The average Bonchev–Trinajstić information content (AvgIpc) is 2.37. The second-order valence-corrected chi connectivity index (χ2v) is 2.26. The van der Waals surface area contributed by atoms with Gasteiger partial charge in [-0.05, 0) is 19.4 Å². The minimum Gasteiger partial charge on any atom is -0.358 e. The summed E-state index contributed by atoms with van der Waals surface area (Å²) in [4.78, 5) is 10.8. The van der Waals surface area contributed by atoms with E-state index in [2.05, 4.69) is 10.6 Å². The SMILES string of the molecule is CNC(=O)C1CCCN1.Cl. The van der Waals surface area contributed by atoms with Crippen LogP contribution in [-0.2, 0) is 4.79 Å². The van der Waals surface area contributed by atoms with Crippen LogP contribution in [0.1, 0.15) is 12.8 Å². The van der Waals surface area contributed by atoms with Crippen molar-refractivity contribution in [3.05, 3.63) is 0 Å². The van der Waals surface area contributed by atoms with E-state index in [-0.39, 0.29) is 24.4 Å². The number of carbonyl (C=O) groups excluding carboxylic acids is 1. The largest absolute Gasteiger partial charge is 0.358 e. The third-order valence-electron chi connectivity index (χ3n) is 1.62. The standard InChI is InChI=1S/C6H12N2O.ClH/c1-7-6(9)5-3-2-4-8-5;/h5,8H,2-4H2,1H3,(H,7,9);1H. The second kappa shape index (κ2) is 4.52. The number of halogens is 1. The molecule has 1 aliphatic heterocycles. The van der Waals surface area contributed by atoms with Crippen LogP contribution in [0.25, 0.3) is 0 Å². The van der Waals surface area contributed by atoms with Crippen molar-refractivity contribution < 1.29 is 4.79 Å². The highest BCUT2D eigenvalue weighted by atomic mass is 35.5. The number of likely N-dealkylation sites (N-methyl/N-ethyl adjacent to an activating group) is 1. The Morgan fingerprint density at radius 2 is 2.40 bits per heavy atom. The van der Waals surface area contributed by atoms with Gasteiger partial charge in [-0.1, -0.05) is 0 Å². The number of amides is 1. The molecule has 1 aliphatic rings. The van der Waals surface area contributed by atoms with Crippen molar-refractivity contribution in [2.45, 2.75) is 18.9 Å². The lowest BCUT2D eigenvalue weighted by atomic mass is 10.2. The van der Waals surface area contributed by atoms with Crippen LogP contribution in [0.15, 0.2) is 0 Å². The topological polar surface area (TPSA) is 41.1 Å². The molecule has 1 atom stereocenters. The number of hydrogen-bond acceptors (Lipinski definition) is 2. The number of rotatable bonds is 1. The van der Waals surface area contributed by atoms with Gasteiger partial charge in [0, 0.05) is 7.05 Å². The van der Waals surface area contributed by atoms with Crippen molar-refractivity contribution in [2.75, 3.05) is 13.6 Å². The Kier molecular flexibility index (Phi) is 4.40. The average molecular weight is 165 g/mol. The summed E-state index contributed by atoms with van der Waals surface area (Å²) >= 11 is 0. The van der Waals surface area contributed by atoms with E-state index in [1.54, 1.807) is 7.05 Å². The van der Waals surface area contributed by atoms with Crippen LogP contribution in [0.4, 0.5) is 0 Å². The van der Waals surface area contributed by atoms with Gasteiger partial charge in [0.1, 0.15) is 0 Å². The molecule has 1 amide bonds. The van der Waals surface area contributed by atoms with Crippen LogP contribution in [0.2, 0.25) is 0 Å². The zero-order valence-electron chi connectivity index (χ0n) is 6.02. The van der Waals surface area contributed by atoms with Crippen LogP contribution in [0, 0.1) is 0 Å². The molecule has 2 N–H and O–H groups in total. The van der Waals surface area contributed by atoms with E-state index in [4.69, 9.17) is 0 Å². The molecule has 0 aromatic carbocycles. The molecule has 0 aromatic heterocycles. The fraction of sp³-hybridized carbons (Fsp3) is 0.833. The lowest BCUT2D eigenvalue weighted by molar-refractivity contribution is -0.122. The molecule has 3 nitrogen and oxygen atoms in total. The molecule has 4 heteroatoms. The zero-order chi connectivity index (χ0) is 6.69. The molecule has 1 heterocycles. The van der Waals surface area contributed by atoms with E-state index in [0.717, 1.165) is 19.4 Å². The molecule has 10 heavy (non-hydrogen) atoms. The summed E-state index contributed by atoms with van der Waals surface area (Å²) in [6.45, 7) is 0.984. The van der Waals surface area contributed by atoms with Gasteiger partial charge in [-0.25, -0.2) is 0 Å². The number of hydrogen-bond donors (Lipinski definition) is 2. The molecule has 0 saturated carbocycles. The molecule has 0 radical (unpaired) electrons. The zero-order valence-corrected chi connectivity index (χ0v) is 6.83. The third kappa shape index (κ3) is 2.15. The van der Waals surface area contributed by atoms with Gasteiger partial charge in [0.25, 0.3) is 0 Å². The first-order chi connectivity index (χ1) is 4.34. The third-order valence-corrected chi connectivity index (χ3v) is 1.62. The molecule has 0 spiro atoms. The lowest BCUT2D eigenvalue weighted by Gasteiger charge is -2.05. The van der Waals surface area contributed by atoms with Crippen molar-refractivity contribution >= 4 is 18.3 Å². The van der Waals surface area contributed by atoms with E-state index >= 15 is 0 Å². The molecule has 1 rings (SSSR count). The van der Waals surface area contributed by atoms with E-state index in [9.17, 15) is 4.79 Å². The van der Waals surface area contributed by atoms with Gasteiger partial charge in [-0.15, -0.1) is 12.4 Å². The molecule has 60 valence electrons. The van der Waals surface area contributed by atoms with E-state index in [1.807, 2.05) is 0 Å². The minimum atomic E-state index is 0. The Bertz CT molecular complexity index is 112. The second-order valence-electron chi connectivity index (χ2n) is 2.26. The van der Waals surface area contributed by atoms with Gasteiger partial charge < -0.3 is 10.6 Å². The Labute approximate surface area is 67.0 Å². The summed E-state index contributed by atoms with van der Waals surface area (Å²) in [5.74, 6) is 0.118. The van der Waals surface area contributed by atoms with Gasteiger partial charge in [0.05, 0.1) is 6.04 Å². The first-order valence-corrected chi connectivity index (χ1v) is 3.29. The van der Waals surface area contributed by atoms with E-state index in [0.29, 0.717) is 0 Å². The van der Waals surface area contributed by atoms with E-state index in [1.165, 1.54) is 0 Å². The first-order valence-electron chi connectivity index (χ1n) is 3.29. The van der Waals surface area contributed by atoms with Crippen molar-refractivity contribution in [3.63, 3.8) is 0 Å². The van der Waals surface area contributed by atoms with Crippen molar-refractivity contribution in [1.29, 1.82) is 0 Å². The fourth-order valence-electron chi connectivity index (χ4n) is 1.08. The van der Waals surface area contributed by atoms with Crippen molar-refractivity contribution in [1.82, 2.24) is 10.6 Å². The first kappa shape index (κ1) is 9.72. The maximum Gasteiger partial charge on any atom is 0.236 e. The summed E-state index contributed by atoms with van der Waals surface area (Å²) in [6, 6.07) is 0.0787. The molecular formula is C6H13ClN2O. The number of carbonyl (C=O) groups is 1. The highest BCUT2D eigenvalue weighted by Crippen LogP contribution is 2.03. The summed E-state index contributed by atoms with van der Waals surface area (Å²) in [7, 11) is 1.67. The van der Waals surface area contributed by atoms with Gasteiger partial charge >= 0.3 is 0 Å². The van der Waals surface area contributed by atoms with Crippen LogP contribution >= 0.6 is 12.4 Å². The van der Waals surface area contributed by atoms with Crippen molar-refractivity contribution in [3.8, 4) is 0 Å². The summed E-state index contributed by atoms with van der Waals surface area (Å²) < 4.78 is 0. The monoisotopic (exact) mass is 164 g/mol. The van der Waals surface area contributed by atoms with E-state index < -0.39 is 0 Å². The Balaban J connectivity index is 0.000000810. The van der Waals surface area contributed by atoms with Gasteiger partial charge in [-0.2, -0.15) is 0 Å². The van der Waals surface area contributed by atoms with Gasteiger partial charge in [-0.3, -0.25) is 4.79 Å². The quantitative estimate of drug-likeness (QED) is 0.569. The molecule has 1 fully saturated rings. The van der Waals surface area contributed by atoms with Crippen LogP contribution in [0.5, 0.6) is 0 Å². The summed E-state index contributed by atoms with van der Waals surface area (Å²) in [5, 5.41) is 5.70. The Morgan fingerprint density at radius 3 is 2.80 bits per heavy atom. The van der Waals surface area contributed by atoms with Gasteiger partial charge in [0.2, 0.25) is 5.91 Å². The molecule has 0 aliphatic carbocycles. The molecule has 1 unspecified atom stereocenters. The molecular weight excluding hydrogens is 152 g/mol. The summed E-state index contributed by atoms with van der Waals surface area (Å²) in [6.07, 6.45) is 2.11. The Morgan fingerprint density at radius 1 is 1.70 bits per heavy atom. The Hall–Kier alpha value is -0.280. The molecule has 0 aromatic rings. The fourth-order valence-corrected chi connectivity index (χ4v) is 1.08. The smallest absolute Gasteiger partial charge is 0.236 e. The highest BCUT2D eigenvalue weighted by molar-refractivity contribution is 5.85. The molecule has 0 bridgehead atoms. The maximum absolute atomic E-state index is 10.8. The van der Waals surface area contributed by atoms with Gasteiger partial charge in [0.15, 0.2) is 0 Å². The lowest BCUT2D eigenvalue weighted by Crippen LogP contribution is -2.38. The predicted octanol–water partition coefficient (Wildman–Crippen LogP) is -0.0938.